The summed E-state index contributed by atoms with van der Waals surface area (Å²) in [6.45, 7) is 1.22. The number of carbonyl (C=O) groups excluding carboxylic acids is 1. The SMILES string of the molecule is C/C(=C/C(=O)O)C(=O)O.NC(=O)c1ccccc1. The van der Waals surface area contributed by atoms with Gasteiger partial charge in [-0.05, 0) is 19.1 Å². The molecule has 18 heavy (non-hydrogen) atoms. The largest absolute Gasteiger partial charge is 0.478 e. The third-order valence-electron chi connectivity index (χ3n) is 1.74. The second-order valence-corrected chi connectivity index (χ2v) is 3.20. The van der Waals surface area contributed by atoms with Crippen molar-refractivity contribution in [1.82, 2.24) is 0 Å². The maximum atomic E-state index is 10.4. The highest BCUT2D eigenvalue weighted by Crippen LogP contribution is 1.94. The van der Waals surface area contributed by atoms with Crippen LogP contribution in [0.2, 0.25) is 0 Å². The summed E-state index contributed by atoms with van der Waals surface area (Å²) < 4.78 is 0. The Labute approximate surface area is 103 Å². The first-order valence-corrected chi connectivity index (χ1v) is 4.84. The zero-order valence-corrected chi connectivity index (χ0v) is 9.66. The summed E-state index contributed by atoms with van der Waals surface area (Å²) >= 11 is 0. The summed E-state index contributed by atoms with van der Waals surface area (Å²) in [5, 5.41) is 16.1. The van der Waals surface area contributed by atoms with Crippen molar-refractivity contribution in [1.29, 1.82) is 0 Å². The molecule has 1 aromatic rings. The van der Waals surface area contributed by atoms with Gasteiger partial charge in [0, 0.05) is 17.2 Å². The molecule has 0 aliphatic carbocycles. The lowest BCUT2D eigenvalue weighted by Crippen LogP contribution is -2.09. The second-order valence-electron chi connectivity index (χ2n) is 3.20. The Morgan fingerprint density at radius 2 is 1.61 bits per heavy atom. The van der Waals surface area contributed by atoms with Crippen LogP contribution in [0.3, 0.4) is 0 Å². The third-order valence-corrected chi connectivity index (χ3v) is 1.74. The molecule has 1 amide bonds. The van der Waals surface area contributed by atoms with Gasteiger partial charge in [0.2, 0.25) is 5.91 Å². The van der Waals surface area contributed by atoms with E-state index >= 15 is 0 Å². The van der Waals surface area contributed by atoms with Crippen molar-refractivity contribution in [3.8, 4) is 0 Å². The highest BCUT2D eigenvalue weighted by molar-refractivity contribution is 5.94. The molecule has 6 nitrogen and oxygen atoms in total. The molecule has 0 radical (unpaired) electrons. The number of primary amides is 1. The van der Waals surface area contributed by atoms with Gasteiger partial charge in [-0.15, -0.1) is 0 Å². The molecule has 0 spiro atoms. The summed E-state index contributed by atoms with van der Waals surface area (Å²) in [7, 11) is 0. The van der Waals surface area contributed by atoms with Gasteiger partial charge in [0.25, 0.3) is 0 Å². The van der Waals surface area contributed by atoms with Crippen molar-refractivity contribution >= 4 is 17.8 Å². The predicted molar refractivity (Wildman–Crippen MR) is 64.0 cm³/mol. The van der Waals surface area contributed by atoms with Crippen LogP contribution in [0.4, 0.5) is 0 Å². The number of rotatable bonds is 3. The smallest absolute Gasteiger partial charge is 0.331 e. The van der Waals surface area contributed by atoms with Crippen LogP contribution < -0.4 is 5.73 Å². The molecular weight excluding hydrogens is 238 g/mol. The van der Waals surface area contributed by atoms with Crippen molar-refractivity contribution in [2.24, 2.45) is 5.73 Å². The Kier molecular flexibility index (Phi) is 6.50. The number of hydrogen-bond acceptors (Lipinski definition) is 3. The summed E-state index contributed by atoms with van der Waals surface area (Å²) in [6, 6.07) is 8.76. The van der Waals surface area contributed by atoms with Gasteiger partial charge in [0.15, 0.2) is 0 Å². The fraction of sp³-hybridized carbons (Fsp3) is 0.0833. The number of amides is 1. The average Bonchev–Trinajstić information content (AvgIpc) is 2.30. The monoisotopic (exact) mass is 251 g/mol. The molecule has 1 aromatic carbocycles. The average molecular weight is 251 g/mol. The van der Waals surface area contributed by atoms with E-state index in [2.05, 4.69) is 0 Å². The maximum absolute atomic E-state index is 10.4. The van der Waals surface area contributed by atoms with Gasteiger partial charge < -0.3 is 15.9 Å². The van der Waals surface area contributed by atoms with E-state index in [0.717, 1.165) is 0 Å². The molecule has 0 heterocycles. The van der Waals surface area contributed by atoms with Crippen LogP contribution in [0.25, 0.3) is 0 Å². The number of carbonyl (C=O) groups is 3. The van der Waals surface area contributed by atoms with Crippen LogP contribution in [0.15, 0.2) is 42.0 Å². The molecule has 0 aliphatic rings. The van der Waals surface area contributed by atoms with E-state index in [4.69, 9.17) is 15.9 Å². The quantitative estimate of drug-likeness (QED) is 0.689. The lowest BCUT2D eigenvalue weighted by Gasteiger charge is -1.89. The fourth-order valence-corrected chi connectivity index (χ4v) is 0.849. The van der Waals surface area contributed by atoms with Crippen LogP contribution in [0.5, 0.6) is 0 Å². The van der Waals surface area contributed by atoms with Gasteiger partial charge in [0.1, 0.15) is 0 Å². The topological polar surface area (TPSA) is 118 Å². The lowest BCUT2D eigenvalue weighted by atomic mass is 10.2. The standard InChI is InChI=1S/C7H7NO.C5H6O4/c8-7(9)6-4-2-1-3-5-6;1-3(5(8)9)2-4(6)7/h1-5H,(H2,8,9);2H,1H3,(H,6,7)(H,8,9)/b;3-2-. The third kappa shape index (κ3) is 6.78. The molecular formula is C12H13NO5. The highest BCUT2D eigenvalue weighted by atomic mass is 16.4. The molecule has 1 rings (SSSR count). The van der Waals surface area contributed by atoms with Crippen LogP contribution in [0.1, 0.15) is 17.3 Å². The van der Waals surface area contributed by atoms with Gasteiger partial charge in [-0.1, -0.05) is 18.2 Å². The van der Waals surface area contributed by atoms with Gasteiger partial charge in [0.05, 0.1) is 0 Å². The van der Waals surface area contributed by atoms with Crippen molar-refractivity contribution in [3.05, 3.63) is 47.5 Å². The van der Waals surface area contributed by atoms with Gasteiger partial charge >= 0.3 is 11.9 Å². The first-order valence-electron chi connectivity index (χ1n) is 4.84. The molecule has 6 heteroatoms. The zero-order valence-electron chi connectivity index (χ0n) is 9.66. The number of benzene rings is 1. The Balaban J connectivity index is 0.000000321. The van der Waals surface area contributed by atoms with E-state index in [1.807, 2.05) is 6.07 Å². The van der Waals surface area contributed by atoms with Gasteiger partial charge in [-0.25, -0.2) is 9.59 Å². The van der Waals surface area contributed by atoms with Crippen LogP contribution in [0, 0.1) is 0 Å². The normalized spacial score (nSPS) is 9.94. The first-order chi connectivity index (χ1) is 8.34. The molecule has 0 aliphatic heterocycles. The minimum atomic E-state index is -1.24. The molecule has 0 unspecified atom stereocenters. The summed E-state index contributed by atoms with van der Waals surface area (Å²) in [5.41, 5.74) is 5.35. The number of aliphatic carboxylic acids is 2. The van der Waals surface area contributed by atoms with E-state index in [1.165, 1.54) is 6.92 Å². The van der Waals surface area contributed by atoms with E-state index in [-0.39, 0.29) is 11.5 Å². The minimum absolute atomic E-state index is 0.178. The Hall–Kier alpha value is -2.63. The second kappa shape index (κ2) is 7.61. The molecule has 96 valence electrons. The number of carboxylic acid groups (broad SMARTS) is 2. The summed E-state index contributed by atoms with van der Waals surface area (Å²) in [6.07, 6.45) is 0.641. The van der Waals surface area contributed by atoms with E-state index in [9.17, 15) is 14.4 Å². The number of carboxylic acids is 2. The molecule has 0 bridgehead atoms. The Morgan fingerprint density at radius 3 is 1.83 bits per heavy atom. The minimum Gasteiger partial charge on any atom is -0.478 e. The van der Waals surface area contributed by atoms with E-state index in [0.29, 0.717) is 11.6 Å². The van der Waals surface area contributed by atoms with E-state index in [1.54, 1.807) is 24.3 Å². The van der Waals surface area contributed by atoms with Gasteiger partial charge in [-0.3, -0.25) is 4.79 Å². The lowest BCUT2D eigenvalue weighted by molar-refractivity contribution is -0.135. The zero-order chi connectivity index (χ0) is 14.1. The first kappa shape index (κ1) is 15.4. The predicted octanol–water partition coefficient (Wildman–Crippen LogP) is 0.887. The molecule has 0 aromatic heterocycles. The fourth-order valence-electron chi connectivity index (χ4n) is 0.849. The molecule has 0 saturated heterocycles. The maximum Gasteiger partial charge on any atom is 0.331 e. The number of nitrogens with two attached hydrogens (primary N) is 1. The summed E-state index contributed by atoms with van der Waals surface area (Å²) in [4.78, 5) is 30.1. The van der Waals surface area contributed by atoms with Crippen molar-refractivity contribution in [2.45, 2.75) is 6.92 Å². The van der Waals surface area contributed by atoms with Crippen LogP contribution in [-0.2, 0) is 9.59 Å². The Bertz CT molecular complexity index is 465. The van der Waals surface area contributed by atoms with Gasteiger partial charge in [-0.2, -0.15) is 0 Å². The molecule has 0 atom stereocenters. The van der Waals surface area contributed by atoms with Crippen molar-refractivity contribution in [2.75, 3.05) is 0 Å². The van der Waals surface area contributed by atoms with E-state index < -0.39 is 11.9 Å². The van der Waals surface area contributed by atoms with Crippen LogP contribution in [-0.4, -0.2) is 28.1 Å². The van der Waals surface area contributed by atoms with Crippen molar-refractivity contribution < 1.29 is 24.6 Å². The molecule has 0 fully saturated rings. The summed E-state index contributed by atoms with van der Waals surface area (Å²) in [5.74, 6) is -2.83. The van der Waals surface area contributed by atoms with Crippen LogP contribution >= 0.6 is 0 Å². The molecule has 0 saturated carbocycles. The Morgan fingerprint density at radius 1 is 1.11 bits per heavy atom. The molecule has 4 N–H and O–H groups in total. The number of hydrogen-bond donors (Lipinski definition) is 3. The highest BCUT2D eigenvalue weighted by Gasteiger charge is 2.00. The van der Waals surface area contributed by atoms with Crippen molar-refractivity contribution in [3.63, 3.8) is 0 Å².